The number of H-pyrrole nitrogens is 1. The highest BCUT2D eigenvalue weighted by Crippen LogP contribution is 2.36. The molecular weight excluding hydrogens is 428 g/mol. The van der Waals surface area contributed by atoms with Gasteiger partial charge in [0, 0.05) is 16.3 Å². The van der Waals surface area contributed by atoms with Crippen molar-refractivity contribution in [3.05, 3.63) is 93.5 Å². The molecule has 0 atom stereocenters. The van der Waals surface area contributed by atoms with E-state index in [4.69, 9.17) is 10.3 Å². The van der Waals surface area contributed by atoms with E-state index in [1.807, 2.05) is 54.8 Å². The monoisotopic (exact) mass is 450 g/mol. The van der Waals surface area contributed by atoms with Crippen LogP contribution in [-0.2, 0) is 4.74 Å². The quantitative estimate of drug-likeness (QED) is 0.151. The van der Waals surface area contributed by atoms with Crippen molar-refractivity contribution in [1.29, 1.82) is 5.26 Å². The first kappa shape index (κ1) is 22.5. The van der Waals surface area contributed by atoms with E-state index in [1.54, 1.807) is 31.2 Å². The van der Waals surface area contributed by atoms with Crippen molar-refractivity contribution in [1.82, 2.24) is 9.55 Å². The average Bonchev–Trinajstić information content (AvgIpc) is 3.36. The van der Waals surface area contributed by atoms with Crippen LogP contribution in [0.15, 0.2) is 65.8 Å². The van der Waals surface area contributed by atoms with Crippen molar-refractivity contribution in [2.45, 2.75) is 20.8 Å². The molecule has 4 aromatic rings. The Hall–Kier alpha value is -4.73. The van der Waals surface area contributed by atoms with Crippen molar-refractivity contribution in [2.24, 2.45) is 5.11 Å². The molecule has 0 saturated heterocycles. The van der Waals surface area contributed by atoms with E-state index in [1.165, 1.54) is 0 Å². The number of esters is 1. The molecule has 0 aliphatic carbocycles. The van der Waals surface area contributed by atoms with Gasteiger partial charge in [0.25, 0.3) is 0 Å². The Labute approximate surface area is 196 Å². The summed E-state index contributed by atoms with van der Waals surface area (Å²) in [6, 6.07) is 20.9. The van der Waals surface area contributed by atoms with Crippen molar-refractivity contribution in [3.63, 3.8) is 0 Å². The number of aromatic amines is 1. The van der Waals surface area contributed by atoms with E-state index in [0.29, 0.717) is 34.0 Å². The summed E-state index contributed by atoms with van der Waals surface area (Å²) < 4.78 is 7.12. The topological polar surface area (TPSA) is 120 Å². The highest BCUT2D eigenvalue weighted by atomic mass is 16.5. The van der Waals surface area contributed by atoms with Gasteiger partial charge in [0.2, 0.25) is 0 Å². The number of hydrogen-bond acceptors (Lipinski definition) is 4. The minimum atomic E-state index is -0.448. The van der Waals surface area contributed by atoms with Crippen LogP contribution in [0.3, 0.4) is 0 Å². The van der Waals surface area contributed by atoms with Crippen LogP contribution in [0.25, 0.3) is 38.8 Å². The zero-order valence-corrected chi connectivity index (χ0v) is 19.0. The molecule has 0 fully saturated rings. The number of rotatable bonds is 6. The first-order chi connectivity index (χ1) is 16.5. The van der Waals surface area contributed by atoms with Crippen molar-refractivity contribution in [3.8, 4) is 34.4 Å². The second-order valence-electron chi connectivity index (χ2n) is 7.65. The molecule has 0 radical (unpaired) electrons. The number of carbonyl (C=O) groups excluding carboxylic acids is 1. The number of azide groups is 1. The zero-order valence-electron chi connectivity index (χ0n) is 19.0. The van der Waals surface area contributed by atoms with Crippen LogP contribution >= 0.6 is 0 Å². The van der Waals surface area contributed by atoms with Gasteiger partial charge in [-0.25, -0.2) is 4.79 Å². The summed E-state index contributed by atoms with van der Waals surface area (Å²) in [5.41, 5.74) is 14.8. The summed E-state index contributed by atoms with van der Waals surface area (Å²) >= 11 is 0. The van der Waals surface area contributed by atoms with E-state index in [-0.39, 0.29) is 6.61 Å². The second-order valence-corrected chi connectivity index (χ2v) is 7.65. The third kappa shape index (κ3) is 3.92. The largest absolute Gasteiger partial charge is 0.462 e. The van der Waals surface area contributed by atoms with Gasteiger partial charge < -0.3 is 9.72 Å². The van der Waals surface area contributed by atoms with Crippen LogP contribution in [0.1, 0.15) is 34.1 Å². The Kier molecular flexibility index (Phi) is 6.22. The summed E-state index contributed by atoms with van der Waals surface area (Å²) in [7, 11) is 0. The highest BCUT2D eigenvalue weighted by Gasteiger charge is 2.25. The molecule has 0 amide bonds. The lowest BCUT2D eigenvalue weighted by Crippen LogP contribution is -2.07. The number of benzene rings is 2. The SMILES string of the molecule is CCOC(=O)c1cc(-c2cccc(N=[N+]=[N-])c2)n(-c2[nH]c(-c3ccccc3)c(C)c2C#N)c1C. The molecule has 8 nitrogen and oxygen atoms in total. The number of nitriles is 1. The molecule has 0 aliphatic rings. The van der Waals surface area contributed by atoms with Crippen LogP contribution in [-0.4, -0.2) is 22.1 Å². The number of carbonyl (C=O) groups is 1. The van der Waals surface area contributed by atoms with Gasteiger partial charge in [0.15, 0.2) is 0 Å². The summed E-state index contributed by atoms with van der Waals surface area (Å²) in [5.74, 6) is 0.104. The molecular formula is C26H22N6O2. The maximum absolute atomic E-state index is 12.7. The van der Waals surface area contributed by atoms with E-state index < -0.39 is 5.97 Å². The molecule has 0 spiro atoms. The van der Waals surface area contributed by atoms with Crippen LogP contribution in [0.5, 0.6) is 0 Å². The van der Waals surface area contributed by atoms with Gasteiger partial charge in [0.1, 0.15) is 11.9 Å². The maximum atomic E-state index is 12.7. The van der Waals surface area contributed by atoms with Gasteiger partial charge in [-0.15, -0.1) is 0 Å². The zero-order chi connectivity index (χ0) is 24.2. The van der Waals surface area contributed by atoms with E-state index in [2.05, 4.69) is 21.1 Å². The molecule has 2 aromatic heterocycles. The Balaban J connectivity index is 2.02. The lowest BCUT2D eigenvalue weighted by molar-refractivity contribution is 0.0525. The van der Waals surface area contributed by atoms with Crippen molar-refractivity contribution in [2.75, 3.05) is 6.61 Å². The lowest BCUT2D eigenvalue weighted by atomic mass is 10.1. The predicted octanol–water partition coefficient (Wildman–Crippen LogP) is 6.75. The maximum Gasteiger partial charge on any atom is 0.339 e. The summed E-state index contributed by atoms with van der Waals surface area (Å²) in [5, 5.41) is 13.8. The molecule has 0 saturated carbocycles. The van der Waals surface area contributed by atoms with Gasteiger partial charge in [-0.1, -0.05) is 53.6 Å². The van der Waals surface area contributed by atoms with Gasteiger partial charge in [-0.3, -0.25) is 4.57 Å². The fourth-order valence-corrected chi connectivity index (χ4v) is 4.08. The molecule has 0 bridgehead atoms. The third-order valence-corrected chi connectivity index (χ3v) is 5.67. The summed E-state index contributed by atoms with van der Waals surface area (Å²) in [4.78, 5) is 19.0. The molecule has 8 heteroatoms. The highest BCUT2D eigenvalue weighted by molar-refractivity contribution is 5.93. The van der Waals surface area contributed by atoms with Crippen molar-refractivity contribution >= 4 is 11.7 Å². The summed E-state index contributed by atoms with van der Waals surface area (Å²) in [6.45, 7) is 5.71. The Bertz CT molecular complexity index is 1470. The molecule has 4 rings (SSSR count). The Morgan fingerprint density at radius 2 is 1.88 bits per heavy atom. The lowest BCUT2D eigenvalue weighted by Gasteiger charge is -2.12. The normalized spacial score (nSPS) is 10.4. The number of hydrogen-bond donors (Lipinski definition) is 1. The number of ether oxygens (including phenoxy) is 1. The first-order valence-electron chi connectivity index (χ1n) is 10.7. The average molecular weight is 451 g/mol. The van der Waals surface area contributed by atoms with E-state index >= 15 is 0 Å². The van der Waals surface area contributed by atoms with Crippen LogP contribution in [0.2, 0.25) is 0 Å². The summed E-state index contributed by atoms with van der Waals surface area (Å²) in [6.07, 6.45) is 0. The fraction of sp³-hybridized carbons (Fsp3) is 0.154. The van der Waals surface area contributed by atoms with Gasteiger partial charge in [-0.2, -0.15) is 5.26 Å². The predicted molar refractivity (Wildman–Crippen MR) is 130 cm³/mol. The molecule has 2 aromatic carbocycles. The molecule has 0 aliphatic heterocycles. The first-order valence-corrected chi connectivity index (χ1v) is 10.7. The molecule has 34 heavy (non-hydrogen) atoms. The number of aromatic nitrogens is 2. The number of nitrogens with one attached hydrogen (secondary N) is 1. The van der Waals surface area contributed by atoms with Crippen molar-refractivity contribution < 1.29 is 9.53 Å². The van der Waals surface area contributed by atoms with Gasteiger partial charge >= 0.3 is 5.97 Å². The van der Waals surface area contributed by atoms with Crippen LogP contribution in [0, 0.1) is 25.2 Å². The molecule has 168 valence electrons. The smallest absolute Gasteiger partial charge is 0.339 e. The minimum Gasteiger partial charge on any atom is -0.462 e. The Morgan fingerprint density at radius 3 is 2.56 bits per heavy atom. The standard InChI is InChI=1S/C26H22N6O2/c1-4-34-26(33)21-14-23(19-11-8-12-20(13-19)30-31-28)32(17(21)3)25-22(15-27)16(2)24(29-25)18-9-6-5-7-10-18/h5-14,29H,4H2,1-3H3. The second kappa shape index (κ2) is 9.41. The van der Waals surface area contributed by atoms with E-state index in [9.17, 15) is 10.1 Å². The van der Waals surface area contributed by atoms with Crippen LogP contribution in [0.4, 0.5) is 5.69 Å². The third-order valence-electron chi connectivity index (χ3n) is 5.67. The van der Waals surface area contributed by atoms with Crippen LogP contribution < -0.4 is 0 Å². The Morgan fingerprint density at radius 1 is 1.15 bits per heavy atom. The molecule has 0 unspecified atom stereocenters. The van der Waals surface area contributed by atoms with Gasteiger partial charge in [0.05, 0.1) is 29.1 Å². The number of nitrogens with zero attached hydrogens (tertiary/aromatic N) is 5. The molecule has 1 N–H and O–H groups in total. The molecule has 2 heterocycles. The van der Waals surface area contributed by atoms with E-state index in [0.717, 1.165) is 22.4 Å². The fourth-order valence-electron chi connectivity index (χ4n) is 4.08. The minimum absolute atomic E-state index is 0.244. The van der Waals surface area contributed by atoms with Gasteiger partial charge in [-0.05, 0) is 55.1 Å².